The Hall–Kier alpha value is -1.51. The number of aryl methyl sites for hydroxylation is 1. The van der Waals surface area contributed by atoms with Gasteiger partial charge in [0, 0.05) is 0 Å². The van der Waals surface area contributed by atoms with Gasteiger partial charge in [0.05, 0.1) is 13.5 Å². The number of hydrogen-bond acceptors (Lipinski definition) is 2. The molecule has 0 amide bonds. The van der Waals surface area contributed by atoms with Crippen molar-refractivity contribution in [2.24, 2.45) is 0 Å². The first-order chi connectivity index (χ1) is 7.47. The molecule has 0 radical (unpaired) electrons. The summed E-state index contributed by atoms with van der Waals surface area (Å²) in [6.45, 7) is 5.91. The Balaban J connectivity index is 3.13. The molecule has 0 aliphatic heterocycles. The molecule has 3 nitrogen and oxygen atoms in total. The first-order valence-electron chi connectivity index (χ1n) is 5.33. The van der Waals surface area contributed by atoms with E-state index in [1.54, 1.807) is 7.11 Å². The second-order valence-electron chi connectivity index (χ2n) is 4.13. The number of rotatable bonds is 4. The number of methoxy groups -OCH3 is 1. The molecule has 0 heterocycles. The Kier molecular flexibility index (Phi) is 3.93. The van der Waals surface area contributed by atoms with Gasteiger partial charge in [0.1, 0.15) is 5.75 Å². The summed E-state index contributed by atoms with van der Waals surface area (Å²) in [4.78, 5) is 10.7. The average molecular weight is 222 g/mol. The van der Waals surface area contributed by atoms with E-state index in [1.165, 1.54) is 0 Å². The molecule has 0 aliphatic carbocycles. The van der Waals surface area contributed by atoms with E-state index in [4.69, 9.17) is 9.84 Å². The second kappa shape index (κ2) is 5.01. The van der Waals surface area contributed by atoms with Crippen molar-refractivity contribution >= 4 is 5.97 Å². The van der Waals surface area contributed by atoms with Gasteiger partial charge in [0.15, 0.2) is 0 Å². The number of carboxylic acid groups (broad SMARTS) is 1. The maximum absolute atomic E-state index is 10.7. The molecule has 0 saturated heterocycles. The van der Waals surface area contributed by atoms with Gasteiger partial charge in [0.2, 0.25) is 0 Å². The molecule has 1 atom stereocenters. The molecule has 16 heavy (non-hydrogen) atoms. The topological polar surface area (TPSA) is 46.5 Å². The van der Waals surface area contributed by atoms with Crippen LogP contribution in [0.25, 0.3) is 0 Å². The van der Waals surface area contributed by atoms with E-state index < -0.39 is 5.97 Å². The van der Waals surface area contributed by atoms with Gasteiger partial charge in [-0.15, -0.1) is 0 Å². The van der Waals surface area contributed by atoms with Crippen LogP contribution in [-0.4, -0.2) is 18.2 Å². The van der Waals surface area contributed by atoms with E-state index in [-0.39, 0.29) is 12.3 Å². The number of hydrogen-bond donors (Lipinski definition) is 1. The molecule has 1 unspecified atom stereocenters. The summed E-state index contributed by atoms with van der Waals surface area (Å²) < 4.78 is 5.37. The molecule has 1 rings (SSSR count). The Bertz CT molecular complexity index is 396. The highest BCUT2D eigenvalue weighted by molar-refractivity contribution is 5.68. The van der Waals surface area contributed by atoms with E-state index in [0.29, 0.717) is 0 Å². The fourth-order valence-corrected chi connectivity index (χ4v) is 1.84. The van der Waals surface area contributed by atoms with E-state index in [9.17, 15) is 4.79 Å². The highest BCUT2D eigenvalue weighted by Crippen LogP contribution is 2.33. The molecule has 3 heteroatoms. The van der Waals surface area contributed by atoms with E-state index in [1.807, 2.05) is 32.9 Å². The van der Waals surface area contributed by atoms with Crippen LogP contribution < -0.4 is 4.74 Å². The molecule has 1 N–H and O–H groups in total. The van der Waals surface area contributed by atoms with Crippen molar-refractivity contribution in [1.29, 1.82) is 0 Å². The van der Waals surface area contributed by atoms with Gasteiger partial charge < -0.3 is 9.84 Å². The molecular formula is C13H18O3. The lowest BCUT2D eigenvalue weighted by Gasteiger charge is -2.17. The Labute approximate surface area is 96.1 Å². The zero-order chi connectivity index (χ0) is 12.3. The fraction of sp³-hybridized carbons (Fsp3) is 0.462. The van der Waals surface area contributed by atoms with Crippen LogP contribution in [0, 0.1) is 13.8 Å². The predicted octanol–water partition coefficient (Wildman–Crippen LogP) is 2.89. The minimum Gasteiger partial charge on any atom is -0.496 e. The largest absolute Gasteiger partial charge is 0.496 e. The quantitative estimate of drug-likeness (QED) is 0.852. The van der Waals surface area contributed by atoms with Gasteiger partial charge in [-0.2, -0.15) is 0 Å². The monoisotopic (exact) mass is 222 g/mol. The summed E-state index contributed by atoms with van der Waals surface area (Å²) in [5, 5.41) is 8.79. The molecular weight excluding hydrogens is 204 g/mol. The van der Waals surface area contributed by atoms with Crippen LogP contribution in [0.1, 0.15) is 36.0 Å². The lowest BCUT2D eigenvalue weighted by atomic mass is 9.93. The first-order valence-corrected chi connectivity index (χ1v) is 5.33. The van der Waals surface area contributed by atoms with Crippen LogP contribution in [-0.2, 0) is 4.79 Å². The standard InChI is InChI=1S/C13H18O3/c1-8-5-6-11(9(2)7-12(14)15)13(16-4)10(8)3/h5-6,9H,7H2,1-4H3,(H,14,15). The number of carbonyl (C=O) groups is 1. The molecule has 0 aliphatic rings. The molecule has 0 bridgehead atoms. The van der Waals surface area contributed by atoms with Gasteiger partial charge in [-0.25, -0.2) is 0 Å². The van der Waals surface area contributed by atoms with E-state index in [0.717, 1.165) is 22.4 Å². The lowest BCUT2D eigenvalue weighted by Crippen LogP contribution is -2.06. The van der Waals surface area contributed by atoms with Crippen LogP contribution in [0.15, 0.2) is 12.1 Å². The van der Waals surface area contributed by atoms with Gasteiger partial charge in [0.25, 0.3) is 0 Å². The third-order valence-electron chi connectivity index (χ3n) is 2.92. The SMILES string of the molecule is COc1c(C(C)CC(=O)O)ccc(C)c1C. The zero-order valence-electron chi connectivity index (χ0n) is 10.2. The van der Waals surface area contributed by atoms with Crippen molar-refractivity contribution in [3.63, 3.8) is 0 Å². The lowest BCUT2D eigenvalue weighted by molar-refractivity contribution is -0.137. The molecule has 0 aromatic heterocycles. The smallest absolute Gasteiger partial charge is 0.303 e. The van der Waals surface area contributed by atoms with Crippen molar-refractivity contribution in [2.45, 2.75) is 33.1 Å². The minimum absolute atomic E-state index is 0.0354. The maximum Gasteiger partial charge on any atom is 0.303 e. The van der Waals surface area contributed by atoms with Gasteiger partial charge in [-0.3, -0.25) is 4.79 Å². The highest BCUT2D eigenvalue weighted by atomic mass is 16.5. The van der Waals surface area contributed by atoms with Crippen molar-refractivity contribution < 1.29 is 14.6 Å². The van der Waals surface area contributed by atoms with E-state index >= 15 is 0 Å². The van der Waals surface area contributed by atoms with Crippen LogP contribution in [0.4, 0.5) is 0 Å². The summed E-state index contributed by atoms with van der Waals surface area (Å²) in [5.74, 6) is -0.00622. The van der Waals surface area contributed by atoms with Crippen molar-refractivity contribution in [2.75, 3.05) is 7.11 Å². The van der Waals surface area contributed by atoms with Crippen LogP contribution in [0.5, 0.6) is 5.75 Å². The van der Waals surface area contributed by atoms with Crippen molar-refractivity contribution in [3.8, 4) is 5.75 Å². The normalized spacial score (nSPS) is 12.2. The summed E-state index contributed by atoms with van der Waals surface area (Å²) in [6, 6.07) is 3.96. The highest BCUT2D eigenvalue weighted by Gasteiger charge is 2.16. The van der Waals surface area contributed by atoms with Crippen molar-refractivity contribution in [1.82, 2.24) is 0 Å². The Morgan fingerprint density at radius 2 is 2.06 bits per heavy atom. The summed E-state index contributed by atoms with van der Waals surface area (Å²) in [7, 11) is 1.62. The van der Waals surface area contributed by atoms with Crippen molar-refractivity contribution in [3.05, 3.63) is 28.8 Å². The third-order valence-corrected chi connectivity index (χ3v) is 2.92. The number of carboxylic acids is 1. The summed E-state index contributed by atoms with van der Waals surface area (Å²) >= 11 is 0. The van der Waals surface area contributed by atoms with Crippen LogP contribution >= 0.6 is 0 Å². The fourth-order valence-electron chi connectivity index (χ4n) is 1.84. The van der Waals surface area contributed by atoms with Crippen LogP contribution in [0.2, 0.25) is 0 Å². The number of aliphatic carboxylic acids is 1. The molecule has 1 aromatic carbocycles. The van der Waals surface area contributed by atoms with Gasteiger partial charge in [-0.1, -0.05) is 19.1 Å². The second-order valence-corrected chi connectivity index (χ2v) is 4.13. The Morgan fingerprint density at radius 3 is 2.56 bits per heavy atom. The number of benzene rings is 1. The zero-order valence-corrected chi connectivity index (χ0v) is 10.2. The maximum atomic E-state index is 10.7. The first kappa shape index (κ1) is 12.6. The summed E-state index contributed by atoms with van der Waals surface area (Å²) in [5.41, 5.74) is 3.20. The number of ether oxygens (including phenoxy) is 1. The molecule has 1 aromatic rings. The van der Waals surface area contributed by atoms with Gasteiger partial charge >= 0.3 is 5.97 Å². The summed E-state index contributed by atoms with van der Waals surface area (Å²) in [6.07, 6.45) is 0.124. The molecule has 88 valence electrons. The predicted molar refractivity (Wildman–Crippen MR) is 63.1 cm³/mol. The Morgan fingerprint density at radius 1 is 1.44 bits per heavy atom. The van der Waals surface area contributed by atoms with Crippen LogP contribution in [0.3, 0.4) is 0 Å². The van der Waals surface area contributed by atoms with E-state index in [2.05, 4.69) is 0 Å². The molecule has 0 saturated carbocycles. The molecule has 0 fully saturated rings. The third kappa shape index (κ3) is 2.54. The minimum atomic E-state index is -0.784. The average Bonchev–Trinajstić information content (AvgIpc) is 2.20. The van der Waals surface area contributed by atoms with Gasteiger partial charge in [-0.05, 0) is 36.5 Å². The molecule has 0 spiro atoms.